The molecule has 0 fully saturated rings. The lowest BCUT2D eigenvalue weighted by Gasteiger charge is -2.15. The van der Waals surface area contributed by atoms with E-state index < -0.39 is 33.6 Å². The minimum Gasteiger partial charge on any atom is -0.346 e. The van der Waals surface area contributed by atoms with Crippen LogP contribution in [0.15, 0.2) is 42.5 Å². The first-order valence-electron chi connectivity index (χ1n) is 6.99. The van der Waals surface area contributed by atoms with Crippen LogP contribution in [0.2, 0.25) is 0 Å². The van der Waals surface area contributed by atoms with Gasteiger partial charge in [0.05, 0.1) is 12.3 Å². The minimum absolute atomic E-state index is 0.309. The van der Waals surface area contributed by atoms with Gasteiger partial charge in [0.15, 0.2) is 11.6 Å². The van der Waals surface area contributed by atoms with Crippen molar-refractivity contribution in [2.24, 2.45) is 0 Å². The second kappa shape index (κ2) is 6.96. The number of hydrogen-bond donors (Lipinski definition) is 2. The number of carbonyl (C=O) groups excluding carboxylic acids is 1. The molecule has 5 nitrogen and oxygen atoms in total. The van der Waals surface area contributed by atoms with Crippen molar-refractivity contribution in [2.45, 2.75) is 13.0 Å². The molecular weight excluding hydrogens is 338 g/mol. The van der Waals surface area contributed by atoms with Crippen molar-refractivity contribution < 1.29 is 22.0 Å². The van der Waals surface area contributed by atoms with E-state index in [-0.39, 0.29) is 0 Å². The molecule has 24 heavy (non-hydrogen) atoms. The van der Waals surface area contributed by atoms with Crippen LogP contribution in [0.25, 0.3) is 0 Å². The van der Waals surface area contributed by atoms with Crippen LogP contribution >= 0.6 is 0 Å². The molecule has 0 aromatic heterocycles. The van der Waals surface area contributed by atoms with Crippen molar-refractivity contribution in [1.29, 1.82) is 0 Å². The Morgan fingerprint density at radius 3 is 2.21 bits per heavy atom. The average molecular weight is 354 g/mol. The number of carbonyl (C=O) groups is 1. The number of amides is 1. The molecule has 1 amide bonds. The predicted molar refractivity (Wildman–Crippen MR) is 87.1 cm³/mol. The lowest BCUT2D eigenvalue weighted by Crippen LogP contribution is -2.26. The number of nitrogens with one attached hydrogen (secondary N) is 2. The molecule has 1 atom stereocenters. The normalized spacial score (nSPS) is 12.5. The standard InChI is InChI=1S/C16H16F2N2O3S/c1-10(12-5-8-14(17)15(18)9-12)19-16(21)11-3-6-13(7-4-11)20-24(2,22)23/h3-10,20H,1-2H3,(H,19,21)/t10-/m0/s1. The SMILES string of the molecule is C[C@H](NC(=O)c1ccc(NS(C)(=O)=O)cc1)c1ccc(F)c(F)c1. The Bertz CT molecular complexity index is 852. The van der Waals surface area contributed by atoms with Gasteiger partial charge in [0.25, 0.3) is 5.91 Å². The van der Waals surface area contributed by atoms with Crippen molar-refractivity contribution >= 4 is 21.6 Å². The van der Waals surface area contributed by atoms with E-state index in [1.165, 1.54) is 30.3 Å². The topological polar surface area (TPSA) is 75.3 Å². The molecule has 0 unspecified atom stereocenters. The molecule has 0 bridgehead atoms. The summed E-state index contributed by atoms with van der Waals surface area (Å²) in [5.41, 5.74) is 1.07. The summed E-state index contributed by atoms with van der Waals surface area (Å²) in [5, 5.41) is 2.66. The summed E-state index contributed by atoms with van der Waals surface area (Å²) in [6.45, 7) is 1.64. The maximum Gasteiger partial charge on any atom is 0.251 e. The number of anilines is 1. The quantitative estimate of drug-likeness (QED) is 0.867. The Balaban J connectivity index is 2.07. The maximum atomic E-state index is 13.2. The highest BCUT2D eigenvalue weighted by molar-refractivity contribution is 7.92. The number of sulfonamides is 1. The third-order valence-electron chi connectivity index (χ3n) is 3.24. The fourth-order valence-electron chi connectivity index (χ4n) is 2.05. The zero-order valence-corrected chi connectivity index (χ0v) is 13.8. The number of rotatable bonds is 5. The summed E-state index contributed by atoms with van der Waals surface area (Å²) < 4.78 is 50.7. The third-order valence-corrected chi connectivity index (χ3v) is 3.85. The lowest BCUT2D eigenvalue weighted by atomic mass is 10.1. The molecule has 0 spiro atoms. The van der Waals surface area contributed by atoms with Gasteiger partial charge in [-0.05, 0) is 48.9 Å². The Hall–Kier alpha value is -2.48. The van der Waals surface area contributed by atoms with Crippen LogP contribution < -0.4 is 10.0 Å². The summed E-state index contributed by atoms with van der Waals surface area (Å²) in [5.74, 6) is -2.35. The zero-order valence-electron chi connectivity index (χ0n) is 13.0. The Morgan fingerprint density at radius 1 is 1.04 bits per heavy atom. The van der Waals surface area contributed by atoms with Gasteiger partial charge in [0.1, 0.15) is 0 Å². The van der Waals surface area contributed by atoms with E-state index in [0.717, 1.165) is 18.4 Å². The first-order chi connectivity index (χ1) is 11.2. The number of halogens is 2. The van der Waals surface area contributed by atoms with E-state index in [9.17, 15) is 22.0 Å². The minimum atomic E-state index is -3.39. The van der Waals surface area contributed by atoms with Gasteiger partial charge < -0.3 is 5.32 Å². The summed E-state index contributed by atoms with van der Waals surface area (Å²) in [6, 6.07) is 8.72. The molecule has 0 radical (unpaired) electrons. The molecule has 0 saturated carbocycles. The first-order valence-corrected chi connectivity index (χ1v) is 8.88. The molecule has 8 heteroatoms. The van der Waals surface area contributed by atoms with Crippen molar-refractivity contribution in [3.05, 3.63) is 65.2 Å². The molecule has 0 aliphatic carbocycles. The highest BCUT2D eigenvalue weighted by Crippen LogP contribution is 2.17. The van der Waals surface area contributed by atoms with Crippen LogP contribution in [-0.4, -0.2) is 20.6 Å². The van der Waals surface area contributed by atoms with Gasteiger partial charge in [-0.25, -0.2) is 17.2 Å². The Kier molecular flexibility index (Phi) is 5.18. The number of hydrogen-bond acceptors (Lipinski definition) is 3. The number of benzene rings is 2. The molecule has 0 heterocycles. The van der Waals surface area contributed by atoms with Crippen molar-refractivity contribution in [3.8, 4) is 0 Å². The predicted octanol–water partition coefficient (Wildman–Crippen LogP) is 2.83. The zero-order chi connectivity index (χ0) is 17.9. The van der Waals surface area contributed by atoms with Gasteiger partial charge in [-0.2, -0.15) is 0 Å². The van der Waals surface area contributed by atoms with Crippen LogP contribution in [0.4, 0.5) is 14.5 Å². The summed E-state index contributed by atoms with van der Waals surface area (Å²) in [4.78, 5) is 12.2. The monoisotopic (exact) mass is 354 g/mol. The lowest BCUT2D eigenvalue weighted by molar-refractivity contribution is 0.0940. The molecule has 0 aliphatic heterocycles. The van der Waals surface area contributed by atoms with Crippen LogP contribution in [-0.2, 0) is 10.0 Å². The van der Waals surface area contributed by atoms with Crippen LogP contribution in [0.5, 0.6) is 0 Å². The fourth-order valence-corrected chi connectivity index (χ4v) is 2.61. The molecule has 2 N–H and O–H groups in total. The van der Waals surface area contributed by atoms with Gasteiger partial charge in [0.2, 0.25) is 10.0 Å². The van der Waals surface area contributed by atoms with Crippen LogP contribution in [0.3, 0.4) is 0 Å². The Morgan fingerprint density at radius 2 is 1.67 bits per heavy atom. The van der Waals surface area contributed by atoms with Gasteiger partial charge >= 0.3 is 0 Å². The van der Waals surface area contributed by atoms with Crippen molar-refractivity contribution in [2.75, 3.05) is 11.0 Å². The van der Waals surface area contributed by atoms with E-state index in [2.05, 4.69) is 10.0 Å². The second-order valence-corrected chi connectivity index (χ2v) is 7.07. The van der Waals surface area contributed by atoms with E-state index in [1.54, 1.807) is 6.92 Å². The molecule has 0 aliphatic rings. The van der Waals surface area contributed by atoms with E-state index in [1.807, 2.05) is 0 Å². The second-order valence-electron chi connectivity index (χ2n) is 5.32. The van der Waals surface area contributed by atoms with Crippen molar-refractivity contribution in [1.82, 2.24) is 5.32 Å². The maximum absolute atomic E-state index is 13.2. The molecule has 2 aromatic carbocycles. The van der Waals surface area contributed by atoms with Gasteiger partial charge in [-0.3, -0.25) is 9.52 Å². The Labute approximate surface area is 138 Å². The smallest absolute Gasteiger partial charge is 0.251 e. The van der Waals surface area contributed by atoms with Crippen molar-refractivity contribution in [3.63, 3.8) is 0 Å². The fraction of sp³-hybridized carbons (Fsp3) is 0.188. The summed E-state index contributed by atoms with van der Waals surface area (Å²) in [7, 11) is -3.39. The molecular formula is C16H16F2N2O3S. The molecule has 0 saturated heterocycles. The molecule has 2 rings (SSSR count). The molecule has 2 aromatic rings. The van der Waals surface area contributed by atoms with Gasteiger partial charge in [-0.1, -0.05) is 6.07 Å². The van der Waals surface area contributed by atoms with Crippen LogP contribution in [0, 0.1) is 11.6 Å². The van der Waals surface area contributed by atoms with E-state index in [0.29, 0.717) is 16.8 Å². The average Bonchev–Trinajstić information content (AvgIpc) is 2.49. The largest absolute Gasteiger partial charge is 0.346 e. The molecule has 128 valence electrons. The summed E-state index contributed by atoms with van der Waals surface area (Å²) >= 11 is 0. The highest BCUT2D eigenvalue weighted by atomic mass is 32.2. The highest BCUT2D eigenvalue weighted by Gasteiger charge is 2.13. The van der Waals surface area contributed by atoms with Gasteiger partial charge in [-0.15, -0.1) is 0 Å². The van der Waals surface area contributed by atoms with Gasteiger partial charge in [0, 0.05) is 11.3 Å². The van der Waals surface area contributed by atoms with Crippen LogP contribution in [0.1, 0.15) is 28.9 Å². The van der Waals surface area contributed by atoms with E-state index in [4.69, 9.17) is 0 Å². The van der Waals surface area contributed by atoms with E-state index >= 15 is 0 Å². The third kappa shape index (κ3) is 4.76. The summed E-state index contributed by atoms with van der Waals surface area (Å²) in [6.07, 6.45) is 1.02. The first kappa shape index (κ1) is 17.9.